The van der Waals surface area contributed by atoms with Crippen LogP contribution in [0.5, 0.6) is 0 Å². The molecule has 1 aromatic rings. The summed E-state index contributed by atoms with van der Waals surface area (Å²) in [5.41, 5.74) is -0.139. The molecule has 0 saturated heterocycles. The van der Waals surface area contributed by atoms with E-state index in [0.717, 1.165) is 0 Å². The molecule has 1 aromatic carbocycles. The van der Waals surface area contributed by atoms with Crippen LogP contribution in [0, 0.1) is 18.2 Å². The van der Waals surface area contributed by atoms with E-state index in [2.05, 4.69) is 5.32 Å². The number of carbonyl (C=O) groups is 2. The number of ketones is 1. The second-order valence-corrected chi connectivity index (χ2v) is 5.29. The number of rotatable bonds is 3. The molecule has 0 aliphatic heterocycles. The monoisotopic (exact) mass is 251 g/mol. The number of Topliss-reactive ketones (excluding diaryl/α,β-unsaturated/α-hetero) is 1. The highest BCUT2D eigenvalue weighted by Crippen LogP contribution is 2.14. The van der Waals surface area contributed by atoms with Crippen molar-refractivity contribution in [2.45, 2.75) is 27.7 Å². The van der Waals surface area contributed by atoms with Crippen LogP contribution in [0.25, 0.3) is 0 Å². The van der Waals surface area contributed by atoms with E-state index in [1.807, 2.05) is 0 Å². The number of nitrogens with one attached hydrogen (secondary N) is 1. The summed E-state index contributed by atoms with van der Waals surface area (Å²) in [6.45, 7) is 6.82. The summed E-state index contributed by atoms with van der Waals surface area (Å²) in [5, 5.41) is 2.44. The number of benzene rings is 1. The van der Waals surface area contributed by atoms with E-state index >= 15 is 0 Å². The molecule has 98 valence electrons. The summed E-state index contributed by atoms with van der Waals surface area (Å²) in [4.78, 5) is 23.4. The van der Waals surface area contributed by atoms with Crippen molar-refractivity contribution in [1.29, 1.82) is 0 Å². The summed E-state index contributed by atoms with van der Waals surface area (Å²) in [7, 11) is 0. The lowest BCUT2D eigenvalue weighted by Gasteiger charge is -2.16. The van der Waals surface area contributed by atoms with Gasteiger partial charge in [0.15, 0.2) is 5.78 Å². The molecule has 4 heteroatoms. The first-order chi connectivity index (χ1) is 8.23. The van der Waals surface area contributed by atoms with Gasteiger partial charge in [0.25, 0.3) is 5.91 Å². The lowest BCUT2D eigenvalue weighted by atomic mass is 9.91. The smallest absolute Gasteiger partial charge is 0.254 e. The topological polar surface area (TPSA) is 46.2 Å². The van der Waals surface area contributed by atoms with E-state index < -0.39 is 17.1 Å². The maximum atomic E-state index is 13.7. The first-order valence-electron chi connectivity index (χ1n) is 5.80. The SMILES string of the molecule is Cc1cccc(C(=O)NCC(=O)C(C)(C)C)c1F. The van der Waals surface area contributed by atoms with Crippen molar-refractivity contribution in [2.75, 3.05) is 6.54 Å². The van der Waals surface area contributed by atoms with E-state index in [4.69, 9.17) is 0 Å². The molecular weight excluding hydrogens is 233 g/mol. The zero-order valence-corrected chi connectivity index (χ0v) is 11.1. The van der Waals surface area contributed by atoms with Gasteiger partial charge in [-0.25, -0.2) is 4.39 Å². The molecule has 0 aliphatic rings. The highest BCUT2D eigenvalue weighted by Gasteiger charge is 2.22. The molecule has 0 bridgehead atoms. The zero-order valence-electron chi connectivity index (χ0n) is 11.1. The Hall–Kier alpha value is -1.71. The average Bonchev–Trinajstić information content (AvgIpc) is 2.27. The molecule has 0 spiro atoms. The minimum atomic E-state index is -0.561. The predicted molar refractivity (Wildman–Crippen MR) is 67.9 cm³/mol. The Morgan fingerprint density at radius 2 is 1.89 bits per heavy atom. The molecule has 1 amide bonds. The van der Waals surface area contributed by atoms with Gasteiger partial charge in [-0.2, -0.15) is 0 Å². The molecule has 0 saturated carbocycles. The van der Waals surface area contributed by atoms with Gasteiger partial charge in [-0.15, -0.1) is 0 Å². The number of hydrogen-bond acceptors (Lipinski definition) is 2. The number of amides is 1. The van der Waals surface area contributed by atoms with Gasteiger partial charge in [0.2, 0.25) is 0 Å². The second-order valence-electron chi connectivity index (χ2n) is 5.29. The normalized spacial score (nSPS) is 11.2. The summed E-state index contributed by atoms with van der Waals surface area (Å²) >= 11 is 0. The average molecular weight is 251 g/mol. The third-order valence-corrected chi connectivity index (χ3v) is 2.68. The molecule has 1 rings (SSSR count). The van der Waals surface area contributed by atoms with Crippen molar-refractivity contribution < 1.29 is 14.0 Å². The Morgan fingerprint density at radius 1 is 1.28 bits per heavy atom. The zero-order chi connectivity index (χ0) is 13.9. The minimum absolute atomic E-state index is 0.0308. The minimum Gasteiger partial charge on any atom is -0.345 e. The van der Waals surface area contributed by atoms with Crippen molar-refractivity contribution in [3.63, 3.8) is 0 Å². The van der Waals surface area contributed by atoms with Crippen molar-refractivity contribution >= 4 is 11.7 Å². The molecule has 0 unspecified atom stereocenters. The number of halogens is 1. The molecule has 18 heavy (non-hydrogen) atoms. The highest BCUT2D eigenvalue weighted by molar-refractivity contribution is 5.97. The summed E-state index contributed by atoms with van der Waals surface area (Å²) in [6.07, 6.45) is 0. The van der Waals surface area contributed by atoms with Crippen LogP contribution in [0.15, 0.2) is 18.2 Å². The quantitative estimate of drug-likeness (QED) is 0.897. The first-order valence-corrected chi connectivity index (χ1v) is 5.80. The van der Waals surface area contributed by atoms with Gasteiger partial charge in [-0.3, -0.25) is 9.59 Å². The van der Waals surface area contributed by atoms with Gasteiger partial charge >= 0.3 is 0 Å². The van der Waals surface area contributed by atoms with E-state index in [9.17, 15) is 14.0 Å². The predicted octanol–water partition coefficient (Wildman–Crippen LogP) is 2.48. The third-order valence-electron chi connectivity index (χ3n) is 2.68. The van der Waals surface area contributed by atoms with E-state index in [0.29, 0.717) is 5.56 Å². The fraction of sp³-hybridized carbons (Fsp3) is 0.429. The molecule has 0 aliphatic carbocycles. The Balaban J connectivity index is 2.73. The van der Waals surface area contributed by atoms with E-state index in [1.54, 1.807) is 39.8 Å². The number of hydrogen-bond donors (Lipinski definition) is 1. The van der Waals surface area contributed by atoms with Gasteiger partial charge in [0.05, 0.1) is 12.1 Å². The molecular formula is C14H18FNO2. The van der Waals surface area contributed by atoms with Crippen molar-refractivity contribution in [1.82, 2.24) is 5.32 Å². The molecule has 1 N–H and O–H groups in total. The molecule has 0 fully saturated rings. The van der Waals surface area contributed by atoms with Crippen LogP contribution < -0.4 is 5.32 Å². The molecule has 0 atom stereocenters. The van der Waals surface area contributed by atoms with Crippen LogP contribution in [0.4, 0.5) is 4.39 Å². The summed E-state index contributed by atoms with van der Waals surface area (Å²) in [5.74, 6) is -1.20. The van der Waals surface area contributed by atoms with Gasteiger partial charge in [-0.1, -0.05) is 32.9 Å². The number of aryl methyl sites for hydroxylation is 1. The maximum absolute atomic E-state index is 13.7. The van der Waals surface area contributed by atoms with Crippen LogP contribution in [-0.2, 0) is 4.79 Å². The van der Waals surface area contributed by atoms with Gasteiger partial charge in [0.1, 0.15) is 5.82 Å². The molecule has 0 aromatic heterocycles. The van der Waals surface area contributed by atoms with Crippen molar-refractivity contribution in [2.24, 2.45) is 5.41 Å². The van der Waals surface area contributed by atoms with Crippen LogP contribution >= 0.6 is 0 Å². The summed E-state index contributed by atoms with van der Waals surface area (Å²) < 4.78 is 13.7. The lowest BCUT2D eigenvalue weighted by molar-refractivity contribution is -0.125. The van der Waals surface area contributed by atoms with Gasteiger partial charge < -0.3 is 5.32 Å². The Kier molecular flexibility index (Phi) is 4.22. The molecule has 0 radical (unpaired) electrons. The van der Waals surface area contributed by atoms with Crippen LogP contribution in [0.1, 0.15) is 36.7 Å². The van der Waals surface area contributed by atoms with Crippen LogP contribution in [0.2, 0.25) is 0 Å². The Morgan fingerprint density at radius 3 is 2.44 bits per heavy atom. The largest absolute Gasteiger partial charge is 0.345 e. The molecule has 0 heterocycles. The standard InChI is InChI=1S/C14H18FNO2/c1-9-6-5-7-10(12(9)15)13(18)16-8-11(17)14(2,3)4/h5-7H,8H2,1-4H3,(H,16,18). The van der Waals surface area contributed by atoms with E-state index in [-0.39, 0.29) is 17.9 Å². The Labute approximate surface area is 106 Å². The van der Waals surface area contributed by atoms with Gasteiger partial charge in [0, 0.05) is 5.41 Å². The van der Waals surface area contributed by atoms with Gasteiger partial charge in [-0.05, 0) is 18.6 Å². The fourth-order valence-electron chi connectivity index (χ4n) is 1.34. The van der Waals surface area contributed by atoms with Crippen molar-refractivity contribution in [3.8, 4) is 0 Å². The molecule has 3 nitrogen and oxygen atoms in total. The van der Waals surface area contributed by atoms with Crippen LogP contribution in [0.3, 0.4) is 0 Å². The van der Waals surface area contributed by atoms with Crippen LogP contribution in [-0.4, -0.2) is 18.2 Å². The maximum Gasteiger partial charge on any atom is 0.254 e. The summed E-state index contributed by atoms with van der Waals surface area (Å²) in [6, 6.07) is 4.60. The third kappa shape index (κ3) is 3.39. The lowest BCUT2D eigenvalue weighted by Crippen LogP contribution is -2.35. The second kappa shape index (κ2) is 5.29. The highest BCUT2D eigenvalue weighted by atomic mass is 19.1. The van der Waals surface area contributed by atoms with E-state index in [1.165, 1.54) is 6.07 Å². The first kappa shape index (κ1) is 14.4. The Bertz CT molecular complexity index is 475. The van der Waals surface area contributed by atoms with Crippen molar-refractivity contribution in [3.05, 3.63) is 35.1 Å². The fourth-order valence-corrected chi connectivity index (χ4v) is 1.34. The number of carbonyl (C=O) groups excluding carboxylic acids is 2.